The van der Waals surface area contributed by atoms with Gasteiger partial charge in [0.05, 0.1) is 4.88 Å². The molecule has 1 fully saturated rings. The molecule has 1 unspecified atom stereocenters. The monoisotopic (exact) mass is 380 g/mol. The molecule has 3 aromatic rings. The minimum Gasteiger partial charge on any atom is -0.360 e. The molecule has 4 heterocycles. The number of aryl methyl sites for hydroxylation is 2. The van der Waals surface area contributed by atoms with Crippen molar-refractivity contribution in [3.63, 3.8) is 0 Å². The van der Waals surface area contributed by atoms with E-state index in [1.165, 1.54) is 15.6 Å². The summed E-state index contributed by atoms with van der Waals surface area (Å²) in [7, 11) is -3.64. The van der Waals surface area contributed by atoms with Crippen LogP contribution in [-0.2, 0) is 10.0 Å². The Hall–Kier alpha value is -2.04. The maximum absolute atomic E-state index is 12.9. The second-order valence-corrected chi connectivity index (χ2v) is 8.76. The maximum atomic E-state index is 12.9. The van der Waals surface area contributed by atoms with Crippen LogP contribution < -0.4 is 0 Å². The molecular weight excluding hydrogens is 364 g/mol. The van der Waals surface area contributed by atoms with Crippen LogP contribution in [0.2, 0.25) is 0 Å². The molecule has 1 saturated heterocycles. The average molecular weight is 380 g/mol. The number of sulfonamides is 1. The van der Waals surface area contributed by atoms with E-state index in [0.717, 1.165) is 4.88 Å². The highest BCUT2D eigenvalue weighted by molar-refractivity contribution is 7.89. The van der Waals surface area contributed by atoms with E-state index in [0.29, 0.717) is 42.7 Å². The summed E-state index contributed by atoms with van der Waals surface area (Å²) in [6.45, 7) is 3.95. The molecule has 0 spiro atoms. The Morgan fingerprint density at radius 3 is 2.80 bits per heavy atom. The minimum absolute atomic E-state index is 0.0901. The fourth-order valence-electron chi connectivity index (χ4n) is 3.03. The van der Waals surface area contributed by atoms with Gasteiger partial charge in [0.2, 0.25) is 10.0 Å². The molecule has 1 aliphatic heterocycles. The van der Waals surface area contributed by atoms with Gasteiger partial charge in [-0.15, -0.1) is 11.3 Å². The Morgan fingerprint density at radius 2 is 2.12 bits per heavy atom. The number of thiophene rings is 1. The quantitative estimate of drug-likeness (QED) is 0.685. The molecule has 132 valence electrons. The molecule has 1 aliphatic rings. The minimum atomic E-state index is -3.64. The van der Waals surface area contributed by atoms with Gasteiger partial charge in [0.15, 0.2) is 11.6 Å². The van der Waals surface area contributed by atoms with E-state index in [9.17, 15) is 8.42 Å². The van der Waals surface area contributed by atoms with Crippen LogP contribution in [0.4, 0.5) is 0 Å². The SMILES string of the molecule is Cc1noc(C)c1S(=O)(=O)N1CCC(c2noc(-c3cccs3)n2)C1. The Bertz CT molecular complexity index is 971. The van der Waals surface area contributed by atoms with E-state index < -0.39 is 10.0 Å². The van der Waals surface area contributed by atoms with Crippen molar-refractivity contribution in [2.24, 2.45) is 0 Å². The van der Waals surface area contributed by atoms with Gasteiger partial charge < -0.3 is 9.05 Å². The van der Waals surface area contributed by atoms with Gasteiger partial charge in [0.25, 0.3) is 5.89 Å². The topological polar surface area (TPSA) is 102 Å². The molecular formula is C15H16N4O4S2. The Kier molecular flexibility index (Phi) is 3.97. The van der Waals surface area contributed by atoms with E-state index in [4.69, 9.17) is 9.05 Å². The van der Waals surface area contributed by atoms with Crippen molar-refractivity contribution in [1.82, 2.24) is 19.6 Å². The highest BCUT2D eigenvalue weighted by atomic mass is 32.2. The van der Waals surface area contributed by atoms with Crippen molar-refractivity contribution in [3.8, 4) is 10.8 Å². The van der Waals surface area contributed by atoms with Crippen molar-refractivity contribution in [1.29, 1.82) is 0 Å². The molecule has 4 rings (SSSR count). The summed E-state index contributed by atoms with van der Waals surface area (Å²) in [5, 5.41) is 9.72. The Balaban J connectivity index is 1.56. The largest absolute Gasteiger partial charge is 0.360 e. The zero-order valence-electron chi connectivity index (χ0n) is 13.7. The summed E-state index contributed by atoms with van der Waals surface area (Å²) in [4.78, 5) is 5.48. The molecule has 0 radical (unpaired) electrons. The van der Waals surface area contributed by atoms with E-state index in [1.807, 2.05) is 17.5 Å². The van der Waals surface area contributed by atoms with Crippen molar-refractivity contribution < 1.29 is 17.5 Å². The molecule has 0 aliphatic carbocycles. The maximum Gasteiger partial charge on any atom is 0.267 e. The molecule has 10 heteroatoms. The van der Waals surface area contributed by atoms with Gasteiger partial charge in [-0.2, -0.15) is 9.29 Å². The van der Waals surface area contributed by atoms with Crippen LogP contribution in [0, 0.1) is 13.8 Å². The molecule has 25 heavy (non-hydrogen) atoms. The van der Waals surface area contributed by atoms with Gasteiger partial charge >= 0.3 is 0 Å². The smallest absolute Gasteiger partial charge is 0.267 e. The first kappa shape index (κ1) is 16.4. The number of hydrogen-bond donors (Lipinski definition) is 0. The molecule has 0 amide bonds. The van der Waals surface area contributed by atoms with Crippen molar-refractivity contribution in [3.05, 3.63) is 34.8 Å². The second kappa shape index (κ2) is 6.04. The van der Waals surface area contributed by atoms with Gasteiger partial charge in [-0.3, -0.25) is 0 Å². The molecule has 1 atom stereocenters. The highest BCUT2D eigenvalue weighted by Crippen LogP contribution is 2.33. The summed E-state index contributed by atoms with van der Waals surface area (Å²) < 4.78 is 37.5. The zero-order valence-corrected chi connectivity index (χ0v) is 15.3. The number of rotatable bonds is 4. The first-order valence-corrected chi connectivity index (χ1v) is 10.1. The van der Waals surface area contributed by atoms with E-state index in [1.54, 1.807) is 13.8 Å². The second-order valence-electron chi connectivity index (χ2n) is 5.94. The Labute approximate surface area is 148 Å². The van der Waals surface area contributed by atoms with Crippen molar-refractivity contribution >= 4 is 21.4 Å². The molecule has 0 bridgehead atoms. The summed E-state index contributed by atoms with van der Waals surface area (Å²) in [5.74, 6) is 1.23. The molecule has 8 nitrogen and oxygen atoms in total. The fourth-order valence-corrected chi connectivity index (χ4v) is 5.47. The van der Waals surface area contributed by atoms with Gasteiger partial charge in [0, 0.05) is 19.0 Å². The van der Waals surface area contributed by atoms with Crippen molar-refractivity contribution in [2.45, 2.75) is 31.1 Å². The average Bonchev–Trinajstić information content (AvgIpc) is 3.35. The zero-order chi connectivity index (χ0) is 17.6. The van der Waals surface area contributed by atoms with Crippen LogP contribution in [0.5, 0.6) is 0 Å². The third-order valence-electron chi connectivity index (χ3n) is 4.26. The van der Waals surface area contributed by atoms with Crippen LogP contribution in [-0.4, -0.2) is 41.1 Å². The van der Waals surface area contributed by atoms with Crippen LogP contribution in [0.1, 0.15) is 29.6 Å². The van der Waals surface area contributed by atoms with Crippen molar-refractivity contribution in [2.75, 3.05) is 13.1 Å². The summed E-state index contributed by atoms with van der Waals surface area (Å²) >= 11 is 1.52. The Morgan fingerprint density at radius 1 is 1.28 bits per heavy atom. The number of hydrogen-bond acceptors (Lipinski definition) is 8. The highest BCUT2D eigenvalue weighted by Gasteiger charge is 2.38. The lowest BCUT2D eigenvalue weighted by Crippen LogP contribution is -2.29. The normalized spacial score (nSPS) is 18.9. The predicted octanol–water partition coefficient (Wildman–Crippen LogP) is 2.58. The lowest BCUT2D eigenvalue weighted by molar-refractivity contribution is 0.389. The molecule has 3 aromatic heterocycles. The third kappa shape index (κ3) is 2.79. The third-order valence-corrected chi connectivity index (χ3v) is 7.22. The van der Waals surface area contributed by atoms with Crippen LogP contribution in [0.25, 0.3) is 10.8 Å². The lowest BCUT2D eigenvalue weighted by atomic mass is 10.1. The summed E-state index contributed by atoms with van der Waals surface area (Å²) in [6, 6.07) is 3.82. The summed E-state index contributed by atoms with van der Waals surface area (Å²) in [5.41, 5.74) is 0.375. The van der Waals surface area contributed by atoms with Crippen LogP contribution in [0.3, 0.4) is 0 Å². The predicted molar refractivity (Wildman–Crippen MR) is 89.7 cm³/mol. The van der Waals surface area contributed by atoms with E-state index in [2.05, 4.69) is 15.3 Å². The van der Waals surface area contributed by atoms with E-state index >= 15 is 0 Å². The lowest BCUT2D eigenvalue weighted by Gasteiger charge is -2.15. The fraction of sp³-hybridized carbons (Fsp3) is 0.400. The number of nitrogens with zero attached hydrogens (tertiary/aromatic N) is 4. The first-order valence-electron chi connectivity index (χ1n) is 7.77. The summed E-state index contributed by atoms with van der Waals surface area (Å²) in [6.07, 6.45) is 0.645. The molecule has 0 N–H and O–H groups in total. The standard InChI is InChI=1S/C15H16N4O4S2/c1-9-13(10(2)22-17-9)25(20,21)19-6-5-11(8-19)14-16-15(23-18-14)12-4-3-7-24-12/h3-4,7,11H,5-6,8H2,1-2H3. The van der Waals surface area contributed by atoms with Crippen LogP contribution >= 0.6 is 11.3 Å². The number of aromatic nitrogens is 3. The van der Waals surface area contributed by atoms with Gasteiger partial charge in [-0.1, -0.05) is 16.4 Å². The van der Waals surface area contributed by atoms with E-state index in [-0.39, 0.29) is 10.8 Å². The van der Waals surface area contributed by atoms with Gasteiger partial charge in [0.1, 0.15) is 10.6 Å². The molecule has 0 saturated carbocycles. The van der Waals surface area contributed by atoms with Gasteiger partial charge in [-0.05, 0) is 31.7 Å². The van der Waals surface area contributed by atoms with Gasteiger partial charge in [-0.25, -0.2) is 8.42 Å². The molecule has 0 aromatic carbocycles. The first-order chi connectivity index (χ1) is 12.0. The van der Waals surface area contributed by atoms with Crippen LogP contribution in [0.15, 0.2) is 31.5 Å².